The first-order valence-electron chi connectivity index (χ1n) is 7.17. The zero-order chi connectivity index (χ0) is 15.4. The third-order valence-electron chi connectivity index (χ3n) is 3.92. The van der Waals surface area contributed by atoms with Crippen LogP contribution >= 0.6 is 0 Å². The Morgan fingerprint density at radius 3 is 2.29 bits per heavy atom. The molecule has 0 spiro atoms. The molecule has 3 heteroatoms. The number of aryl methyl sites for hydroxylation is 3. The SMILES string of the molecule is COc1c(CCCc2ccc(O)cc2O)ccc(C)c1C. The summed E-state index contributed by atoms with van der Waals surface area (Å²) >= 11 is 0. The molecular formula is C18H22O3. The topological polar surface area (TPSA) is 49.7 Å². The number of hydrogen-bond donors (Lipinski definition) is 2. The van der Waals surface area contributed by atoms with Crippen molar-refractivity contribution in [1.29, 1.82) is 0 Å². The van der Waals surface area contributed by atoms with Crippen LogP contribution in [-0.2, 0) is 12.8 Å². The van der Waals surface area contributed by atoms with Crippen LogP contribution in [0.15, 0.2) is 30.3 Å². The van der Waals surface area contributed by atoms with Gasteiger partial charge < -0.3 is 14.9 Å². The van der Waals surface area contributed by atoms with Crippen LogP contribution in [0.3, 0.4) is 0 Å². The van der Waals surface area contributed by atoms with Gasteiger partial charge in [-0.15, -0.1) is 0 Å². The summed E-state index contributed by atoms with van der Waals surface area (Å²) in [7, 11) is 1.71. The highest BCUT2D eigenvalue weighted by Gasteiger charge is 2.09. The van der Waals surface area contributed by atoms with E-state index < -0.39 is 0 Å². The Labute approximate surface area is 125 Å². The van der Waals surface area contributed by atoms with Gasteiger partial charge in [-0.25, -0.2) is 0 Å². The largest absolute Gasteiger partial charge is 0.508 e. The molecule has 2 aromatic rings. The Kier molecular flexibility index (Phi) is 4.73. The van der Waals surface area contributed by atoms with Gasteiger partial charge in [-0.2, -0.15) is 0 Å². The van der Waals surface area contributed by atoms with Crippen molar-refractivity contribution in [2.45, 2.75) is 33.1 Å². The Hall–Kier alpha value is -2.16. The molecule has 2 rings (SSSR count). The lowest BCUT2D eigenvalue weighted by molar-refractivity contribution is 0.405. The third kappa shape index (κ3) is 3.48. The minimum atomic E-state index is 0.0899. The van der Waals surface area contributed by atoms with Crippen LogP contribution in [0.25, 0.3) is 0 Å². The molecule has 0 aromatic heterocycles. The number of methoxy groups -OCH3 is 1. The maximum atomic E-state index is 9.79. The van der Waals surface area contributed by atoms with E-state index in [0.717, 1.165) is 30.6 Å². The van der Waals surface area contributed by atoms with Gasteiger partial charge in [0.2, 0.25) is 0 Å². The number of hydrogen-bond acceptors (Lipinski definition) is 3. The summed E-state index contributed by atoms with van der Waals surface area (Å²) in [5.41, 5.74) is 4.46. The molecule has 0 aliphatic carbocycles. The van der Waals surface area contributed by atoms with E-state index in [9.17, 15) is 10.2 Å². The van der Waals surface area contributed by atoms with E-state index in [1.54, 1.807) is 19.2 Å². The van der Waals surface area contributed by atoms with Crippen molar-refractivity contribution in [1.82, 2.24) is 0 Å². The van der Waals surface area contributed by atoms with Crippen LogP contribution in [0, 0.1) is 13.8 Å². The van der Waals surface area contributed by atoms with E-state index in [1.807, 2.05) is 0 Å². The smallest absolute Gasteiger partial charge is 0.125 e. The summed E-state index contributed by atoms with van der Waals surface area (Å²) in [6.07, 6.45) is 2.57. The molecule has 0 atom stereocenters. The summed E-state index contributed by atoms with van der Waals surface area (Å²) in [5.74, 6) is 1.21. The average Bonchev–Trinajstić information content (AvgIpc) is 2.45. The molecule has 2 N–H and O–H groups in total. The zero-order valence-electron chi connectivity index (χ0n) is 12.8. The number of rotatable bonds is 5. The van der Waals surface area contributed by atoms with Crippen LogP contribution in [0.2, 0.25) is 0 Å². The second-order valence-electron chi connectivity index (χ2n) is 5.37. The summed E-state index contributed by atoms with van der Waals surface area (Å²) in [5, 5.41) is 19.1. The number of aromatic hydroxyl groups is 2. The van der Waals surface area contributed by atoms with E-state index in [2.05, 4.69) is 26.0 Å². The predicted molar refractivity (Wildman–Crippen MR) is 84.3 cm³/mol. The highest BCUT2D eigenvalue weighted by molar-refractivity contribution is 5.45. The first-order valence-corrected chi connectivity index (χ1v) is 7.17. The second kappa shape index (κ2) is 6.53. The lowest BCUT2D eigenvalue weighted by atomic mass is 9.98. The molecule has 0 heterocycles. The molecule has 0 saturated heterocycles. The summed E-state index contributed by atoms with van der Waals surface area (Å²) in [4.78, 5) is 0. The lowest BCUT2D eigenvalue weighted by Gasteiger charge is -2.13. The van der Waals surface area contributed by atoms with Gasteiger partial charge in [0.1, 0.15) is 17.2 Å². The predicted octanol–water partition coefficient (Wildman–Crippen LogP) is 3.90. The van der Waals surface area contributed by atoms with E-state index >= 15 is 0 Å². The van der Waals surface area contributed by atoms with Gasteiger partial charge in [-0.05, 0) is 61.4 Å². The summed E-state index contributed by atoms with van der Waals surface area (Å²) < 4.78 is 5.52. The standard InChI is InChI=1S/C18H22O3/c1-12-7-8-15(18(21-3)13(12)2)6-4-5-14-9-10-16(19)11-17(14)20/h7-11,19-20H,4-6H2,1-3H3. The van der Waals surface area contributed by atoms with E-state index in [1.165, 1.54) is 22.8 Å². The van der Waals surface area contributed by atoms with E-state index in [-0.39, 0.29) is 11.5 Å². The Morgan fingerprint density at radius 2 is 1.62 bits per heavy atom. The molecular weight excluding hydrogens is 264 g/mol. The van der Waals surface area contributed by atoms with Crippen LogP contribution in [-0.4, -0.2) is 17.3 Å². The van der Waals surface area contributed by atoms with Crippen molar-refractivity contribution >= 4 is 0 Å². The first-order chi connectivity index (χ1) is 10.0. The molecule has 0 amide bonds. The highest BCUT2D eigenvalue weighted by atomic mass is 16.5. The Bertz CT molecular complexity index is 633. The van der Waals surface area contributed by atoms with Crippen molar-refractivity contribution in [3.8, 4) is 17.2 Å². The van der Waals surface area contributed by atoms with Crippen LogP contribution in [0.5, 0.6) is 17.2 Å². The van der Waals surface area contributed by atoms with Crippen molar-refractivity contribution in [2.24, 2.45) is 0 Å². The molecule has 0 fully saturated rings. The van der Waals surface area contributed by atoms with E-state index in [4.69, 9.17) is 4.74 Å². The molecule has 0 unspecified atom stereocenters. The zero-order valence-corrected chi connectivity index (χ0v) is 12.8. The minimum Gasteiger partial charge on any atom is -0.508 e. The number of ether oxygens (including phenoxy) is 1. The first kappa shape index (κ1) is 15.2. The fourth-order valence-electron chi connectivity index (χ4n) is 2.56. The maximum absolute atomic E-state index is 9.79. The summed E-state index contributed by atoms with van der Waals surface area (Å²) in [6.45, 7) is 4.15. The highest BCUT2D eigenvalue weighted by Crippen LogP contribution is 2.28. The average molecular weight is 286 g/mol. The van der Waals surface area contributed by atoms with E-state index in [0.29, 0.717) is 0 Å². The molecule has 0 radical (unpaired) electrons. The number of phenolic OH excluding ortho intramolecular Hbond substituents is 2. The molecule has 0 saturated carbocycles. The van der Waals surface area contributed by atoms with Gasteiger partial charge in [0.25, 0.3) is 0 Å². The maximum Gasteiger partial charge on any atom is 0.125 e. The molecule has 0 aliphatic rings. The quantitative estimate of drug-likeness (QED) is 0.876. The molecule has 0 bridgehead atoms. The van der Waals surface area contributed by atoms with Crippen molar-refractivity contribution in [2.75, 3.05) is 7.11 Å². The van der Waals surface area contributed by atoms with Crippen molar-refractivity contribution in [3.63, 3.8) is 0 Å². The lowest BCUT2D eigenvalue weighted by Crippen LogP contribution is -1.98. The second-order valence-corrected chi connectivity index (χ2v) is 5.37. The normalized spacial score (nSPS) is 10.6. The molecule has 112 valence electrons. The van der Waals surface area contributed by atoms with Gasteiger partial charge in [-0.1, -0.05) is 18.2 Å². The third-order valence-corrected chi connectivity index (χ3v) is 3.92. The van der Waals surface area contributed by atoms with Gasteiger partial charge in [0.15, 0.2) is 0 Å². The van der Waals surface area contributed by atoms with Crippen LogP contribution in [0.4, 0.5) is 0 Å². The van der Waals surface area contributed by atoms with Gasteiger partial charge in [0.05, 0.1) is 7.11 Å². The number of phenols is 2. The Morgan fingerprint density at radius 1 is 0.952 bits per heavy atom. The minimum absolute atomic E-state index is 0.0899. The van der Waals surface area contributed by atoms with Crippen molar-refractivity contribution < 1.29 is 14.9 Å². The molecule has 3 nitrogen and oxygen atoms in total. The van der Waals surface area contributed by atoms with Gasteiger partial charge >= 0.3 is 0 Å². The van der Waals surface area contributed by atoms with Crippen LogP contribution < -0.4 is 4.74 Å². The Balaban J connectivity index is 2.05. The van der Waals surface area contributed by atoms with Gasteiger partial charge in [-0.3, -0.25) is 0 Å². The molecule has 21 heavy (non-hydrogen) atoms. The monoisotopic (exact) mass is 286 g/mol. The van der Waals surface area contributed by atoms with Crippen LogP contribution in [0.1, 0.15) is 28.7 Å². The number of benzene rings is 2. The fraction of sp³-hybridized carbons (Fsp3) is 0.333. The molecule has 2 aromatic carbocycles. The summed E-state index contributed by atoms with van der Waals surface area (Å²) in [6, 6.07) is 8.98. The van der Waals surface area contributed by atoms with Gasteiger partial charge in [0, 0.05) is 6.07 Å². The fourth-order valence-corrected chi connectivity index (χ4v) is 2.56. The molecule has 0 aliphatic heterocycles. The van der Waals surface area contributed by atoms with Crippen molar-refractivity contribution in [3.05, 3.63) is 52.6 Å².